The van der Waals surface area contributed by atoms with E-state index in [1.807, 2.05) is 0 Å². The van der Waals surface area contributed by atoms with Gasteiger partial charge in [0.2, 0.25) is 10.0 Å². The first kappa shape index (κ1) is 12.4. The summed E-state index contributed by atoms with van der Waals surface area (Å²) in [6, 6.07) is 0. The number of hydrogen-bond acceptors (Lipinski definition) is 3. The van der Waals surface area contributed by atoms with Crippen LogP contribution in [0.3, 0.4) is 0 Å². The van der Waals surface area contributed by atoms with Gasteiger partial charge in [0.25, 0.3) is 0 Å². The SMILES string of the molecule is CCN(CC)S(=O)(=O)C(C)C(=O)O. The summed E-state index contributed by atoms with van der Waals surface area (Å²) in [6.07, 6.45) is 0. The van der Waals surface area contributed by atoms with Crippen LogP contribution in [0.5, 0.6) is 0 Å². The van der Waals surface area contributed by atoms with Gasteiger partial charge in [-0.2, -0.15) is 0 Å². The Labute approximate surface area is 78.4 Å². The quantitative estimate of drug-likeness (QED) is 0.698. The van der Waals surface area contributed by atoms with Crippen molar-refractivity contribution >= 4 is 16.0 Å². The fourth-order valence-corrected chi connectivity index (χ4v) is 2.36. The average Bonchev–Trinajstić information content (AvgIpc) is 2.04. The fraction of sp³-hybridized carbons (Fsp3) is 0.857. The number of carbonyl (C=O) groups is 1. The lowest BCUT2D eigenvalue weighted by Gasteiger charge is -2.20. The van der Waals surface area contributed by atoms with E-state index >= 15 is 0 Å². The summed E-state index contributed by atoms with van der Waals surface area (Å²) in [6.45, 7) is 5.13. The summed E-state index contributed by atoms with van der Waals surface area (Å²) in [5, 5.41) is 7.18. The van der Waals surface area contributed by atoms with Crippen molar-refractivity contribution in [2.45, 2.75) is 26.0 Å². The molecule has 0 aliphatic carbocycles. The van der Waals surface area contributed by atoms with Crippen molar-refractivity contribution in [3.63, 3.8) is 0 Å². The van der Waals surface area contributed by atoms with Crippen LogP contribution in [0, 0.1) is 0 Å². The van der Waals surface area contributed by atoms with Gasteiger partial charge in [-0.1, -0.05) is 13.8 Å². The van der Waals surface area contributed by atoms with Gasteiger partial charge >= 0.3 is 5.97 Å². The molecule has 0 aliphatic heterocycles. The Hall–Kier alpha value is -0.620. The zero-order valence-electron chi connectivity index (χ0n) is 8.02. The number of aliphatic carboxylic acids is 1. The average molecular weight is 209 g/mol. The van der Waals surface area contributed by atoms with E-state index in [4.69, 9.17) is 5.11 Å². The number of carboxylic acid groups (broad SMARTS) is 1. The van der Waals surface area contributed by atoms with Crippen LogP contribution in [0.15, 0.2) is 0 Å². The third kappa shape index (κ3) is 2.67. The first-order valence-corrected chi connectivity index (χ1v) is 5.60. The number of hydrogen-bond donors (Lipinski definition) is 1. The zero-order chi connectivity index (χ0) is 10.6. The normalized spacial score (nSPS) is 14.5. The Balaban J connectivity index is 4.84. The Morgan fingerprint density at radius 1 is 1.38 bits per heavy atom. The van der Waals surface area contributed by atoms with Crippen molar-refractivity contribution in [3.8, 4) is 0 Å². The molecular weight excluding hydrogens is 194 g/mol. The molecule has 1 unspecified atom stereocenters. The summed E-state index contributed by atoms with van der Waals surface area (Å²) < 4.78 is 24.1. The van der Waals surface area contributed by atoms with Gasteiger partial charge in [0.15, 0.2) is 5.25 Å². The van der Waals surface area contributed by atoms with Crippen molar-refractivity contribution in [3.05, 3.63) is 0 Å². The first-order chi connectivity index (χ1) is 5.87. The second kappa shape index (κ2) is 4.57. The van der Waals surface area contributed by atoms with E-state index in [9.17, 15) is 13.2 Å². The van der Waals surface area contributed by atoms with E-state index in [1.54, 1.807) is 13.8 Å². The maximum Gasteiger partial charge on any atom is 0.323 e. The summed E-state index contributed by atoms with van der Waals surface area (Å²) >= 11 is 0. The van der Waals surface area contributed by atoms with E-state index in [1.165, 1.54) is 6.92 Å². The zero-order valence-corrected chi connectivity index (χ0v) is 8.84. The third-order valence-electron chi connectivity index (χ3n) is 1.86. The lowest BCUT2D eigenvalue weighted by Crippen LogP contribution is -2.40. The summed E-state index contributed by atoms with van der Waals surface area (Å²) in [5.41, 5.74) is 0. The molecule has 0 bridgehead atoms. The molecule has 0 spiro atoms. The van der Waals surface area contributed by atoms with E-state index < -0.39 is 21.2 Å². The Kier molecular flexibility index (Phi) is 4.35. The highest BCUT2D eigenvalue weighted by molar-refractivity contribution is 7.90. The number of sulfonamides is 1. The molecule has 6 heteroatoms. The predicted molar refractivity (Wildman–Crippen MR) is 48.9 cm³/mol. The molecule has 78 valence electrons. The Morgan fingerprint density at radius 3 is 2.00 bits per heavy atom. The Bertz CT molecular complexity index is 268. The summed E-state index contributed by atoms with van der Waals surface area (Å²) in [5.74, 6) is -1.31. The largest absolute Gasteiger partial charge is 0.480 e. The molecule has 5 nitrogen and oxygen atoms in total. The van der Waals surface area contributed by atoms with Crippen molar-refractivity contribution in [1.82, 2.24) is 4.31 Å². The number of nitrogens with zero attached hydrogens (tertiary/aromatic N) is 1. The van der Waals surface area contributed by atoms with Crippen molar-refractivity contribution < 1.29 is 18.3 Å². The minimum atomic E-state index is -3.67. The molecule has 0 saturated heterocycles. The van der Waals surface area contributed by atoms with Crippen molar-refractivity contribution in [2.24, 2.45) is 0 Å². The smallest absolute Gasteiger partial charge is 0.323 e. The molecule has 0 heterocycles. The van der Waals surface area contributed by atoms with E-state index in [0.29, 0.717) is 13.1 Å². The molecule has 0 radical (unpaired) electrons. The van der Waals surface area contributed by atoms with Gasteiger partial charge in [0.1, 0.15) is 0 Å². The van der Waals surface area contributed by atoms with Crippen molar-refractivity contribution in [1.29, 1.82) is 0 Å². The highest BCUT2D eigenvalue weighted by Crippen LogP contribution is 2.08. The topological polar surface area (TPSA) is 74.7 Å². The molecule has 0 aromatic rings. The van der Waals surface area contributed by atoms with Crippen LogP contribution in [-0.2, 0) is 14.8 Å². The van der Waals surface area contributed by atoms with Gasteiger partial charge in [0.05, 0.1) is 0 Å². The van der Waals surface area contributed by atoms with Gasteiger partial charge < -0.3 is 5.11 Å². The van der Waals surface area contributed by atoms with Crippen LogP contribution < -0.4 is 0 Å². The lowest BCUT2D eigenvalue weighted by molar-refractivity contribution is -0.136. The van der Waals surface area contributed by atoms with Crippen LogP contribution in [0.25, 0.3) is 0 Å². The van der Waals surface area contributed by atoms with Crippen LogP contribution in [0.2, 0.25) is 0 Å². The highest BCUT2D eigenvalue weighted by atomic mass is 32.2. The third-order valence-corrected chi connectivity index (χ3v) is 4.19. The molecule has 0 aromatic carbocycles. The van der Waals surface area contributed by atoms with Crippen LogP contribution in [-0.4, -0.2) is 42.1 Å². The second-order valence-corrected chi connectivity index (χ2v) is 4.86. The fourth-order valence-electron chi connectivity index (χ4n) is 0.935. The molecule has 1 N–H and O–H groups in total. The van der Waals surface area contributed by atoms with Gasteiger partial charge in [-0.3, -0.25) is 4.79 Å². The summed E-state index contributed by atoms with van der Waals surface area (Å²) in [4.78, 5) is 10.5. The van der Waals surface area contributed by atoms with Gasteiger partial charge in [0, 0.05) is 13.1 Å². The molecule has 1 atom stereocenters. The summed E-state index contributed by atoms with van der Waals surface area (Å²) in [7, 11) is -3.67. The van der Waals surface area contributed by atoms with Crippen molar-refractivity contribution in [2.75, 3.05) is 13.1 Å². The van der Waals surface area contributed by atoms with Crippen LogP contribution in [0.4, 0.5) is 0 Å². The van der Waals surface area contributed by atoms with Crippen LogP contribution in [0.1, 0.15) is 20.8 Å². The first-order valence-electron chi connectivity index (χ1n) is 4.09. The molecular formula is C7H15NO4S. The molecule has 0 aromatic heterocycles. The monoisotopic (exact) mass is 209 g/mol. The van der Waals surface area contributed by atoms with E-state index in [0.717, 1.165) is 4.31 Å². The van der Waals surface area contributed by atoms with Gasteiger partial charge in [-0.15, -0.1) is 0 Å². The minimum absolute atomic E-state index is 0.302. The molecule has 13 heavy (non-hydrogen) atoms. The molecule has 0 aliphatic rings. The second-order valence-electron chi connectivity index (χ2n) is 2.61. The Morgan fingerprint density at radius 2 is 1.77 bits per heavy atom. The van der Waals surface area contributed by atoms with E-state index in [-0.39, 0.29) is 0 Å². The molecule has 0 amide bonds. The van der Waals surface area contributed by atoms with E-state index in [2.05, 4.69) is 0 Å². The molecule has 0 saturated carbocycles. The maximum absolute atomic E-state index is 11.5. The molecule has 0 fully saturated rings. The van der Waals surface area contributed by atoms with Gasteiger partial charge in [-0.05, 0) is 6.92 Å². The van der Waals surface area contributed by atoms with Crippen LogP contribution >= 0.6 is 0 Å². The number of rotatable bonds is 5. The van der Waals surface area contributed by atoms with Gasteiger partial charge in [-0.25, -0.2) is 12.7 Å². The number of carboxylic acids is 1. The highest BCUT2D eigenvalue weighted by Gasteiger charge is 2.31. The minimum Gasteiger partial charge on any atom is -0.480 e. The standard InChI is InChI=1S/C7H15NO4S/c1-4-8(5-2)13(11,12)6(3)7(9)10/h6H,4-5H2,1-3H3,(H,9,10). The molecule has 0 rings (SSSR count). The maximum atomic E-state index is 11.5. The predicted octanol–water partition coefficient (Wildman–Crippen LogP) is 0.131. The lowest BCUT2D eigenvalue weighted by atomic mass is 10.5.